The molecule has 1 amide bonds. The van der Waals surface area contributed by atoms with Gasteiger partial charge in [-0.25, -0.2) is 0 Å². The third-order valence-electron chi connectivity index (χ3n) is 3.28. The first-order chi connectivity index (χ1) is 8.91. The van der Waals surface area contributed by atoms with Crippen molar-refractivity contribution in [3.05, 3.63) is 0 Å². The molecule has 110 valence electrons. The summed E-state index contributed by atoms with van der Waals surface area (Å²) in [6.07, 6.45) is 4.95. The highest BCUT2D eigenvalue weighted by molar-refractivity contribution is 5.81. The topological polar surface area (TPSA) is 70.7 Å². The Morgan fingerprint density at radius 3 is 2.32 bits per heavy atom. The molecule has 0 aromatic carbocycles. The standard InChI is InChI=1S/C14H28N4O/c1-14(2,3)12(19)16-8-9-17-13(15)18-10-6-4-5-7-11-18/h4-11H2,1-3H3,(H2,15,17)(H,16,19). The molecule has 1 aliphatic rings. The van der Waals surface area contributed by atoms with Crippen molar-refractivity contribution in [3.63, 3.8) is 0 Å². The van der Waals surface area contributed by atoms with Crippen LogP contribution in [-0.4, -0.2) is 42.9 Å². The summed E-state index contributed by atoms with van der Waals surface area (Å²) >= 11 is 0. The van der Waals surface area contributed by atoms with Gasteiger partial charge in [-0.05, 0) is 12.8 Å². The third-order valence-corrected chi connectivity index (χ3v) is 3.28. The number of hydrogen-bond donors (Lipinski definition) is 2. The molecule has 5 heteroatoms. The van der Waals surface area contributed by atoms with Crippen LogP contribution in [0.1, 0.15) is 46.5 Å². The van der Waals surface area contributed by atoms with E-state index in [1.165, 1.54) is 25.7 Å². The van der Waals surface area contributed by atoms with Gasteiger partial charge in [-0.1, -0.05) is 33.6 Å². The number of amides is 1. The summed E-state index contributed by atoms with van der Waals surface area (Å²) in [7, 11) is 0. The molecule has 0 aromatic heterocycles. The van der Waals surface area contributed by atoms with Crippen molar-refractivity contribution in [1.82, 2.24) is 10.2 Å². The maximum Gasteiger partial charge on any atom is 0.225 e. The molecule has 0 radical (unpaired) electrons. The van der Waals surface area contributed by atoms with E-state index in [0.29, 0.717) is 19.0 Å². The molecule has 0 aromatic rings. The summed E-state index contributed by atoms with van der Waals surface area (Å²) in [5.41, 5.74) is 5.64. The van der Waals surface area contributed by atoms with Gasteiger partial charge in [0.25, 0.3) is 0 Å². The van der Waals surface area contributed by atoms with Crippen LogP contribution in [0.4, 0.5) is 0 Å². The number of nitrogens with two attached hydrogens (primary N) is 1. The van der Waals surface area contributed by atoms with Crippen molar-refractivity contribution >= 4 is 11.9 Å². The summed E-state index contributed by atoms with van der Waals surface area (Å²) in [6, 6.07) is 0. The minimum atomic E-state index is -0.347. The highest BCUT2D eigenvalue weighted by atomic mass is 16.2. The fourth-order valence-corrected chi connectivity index (χ4v) is 2.00. The van der Waals surface area contributed by atoms with Gasteiger partial charge >= 0.3 is 0 Å². The number of nitrogens with zero attached hydrogens (tertiary/aromatic N) is 2. The molecule has 0 saturated carbocycles. The van der Waals surface area contributed by atoms with Crippen molar-refractivity contribution in [1.29, 1.82) is 0 Å². The Kier molecular flexibility index (Phi) is 6.12. The maximum atomic E-state index is 11.7. The molecule has 0 bridgehead atoms. The lowest BCUT2D eigenvalue weighted by Crippen LogP contribution is -2.39. The monoisotopic (exact) mass is 268 g/mol. The molecule has 1 saturated heterocycles. The molecule has 0 atom stereocenters. The number of likely N-dealkylation sites (tertiary alicyclic amines) is 1. The fourth-order valence-electron chi connectivity index (χ4n) is 2.00. The van der Waals surface area contributed by atoms with Crippen LogP contribution in [0, 0.1) is 5.41 Å². The first kappa shape index (κ1) is 15.8. The molecular formula is C14H28N4O. The molecule has 3 N–H and O–H groups in total. The maximum absolute atomic E-state index is 11.7. The molecule has 0 unspecified atom stereocenters. The minimum absolute atomic E-state index is 0.0519. The highest BCUT2D eigenvalue weighted by Gasteiger charge is 2.20. The predicted molar refractivity (Wildman–Crippen MR) is 79.0 cm³/mol. The summed E-state index contributed by atoms with van der Waals surface area (Å²) in [6.45, 7) is 8.80. The normalized spacial score (nSPS) is 18.1. The van der Waals surface area contributed by atoms with Gasteiger partial charge < -0.3 is 16.0 Å². The molecule has 0 spiro atoms. The first-order valence-electron chi connectivity index (χ1n) is 7.24. The average molecular weight is 268 g/mol. The van der Waals surface area contributed by atoms with Gasteiger partial charge in [0, 0.05) is 25.0 Å². The average Bonchev–Trinajstić information content (AvgIpc) is 2.61. The van der Waals surface area contributed by atoms with Crippen molar-refractivity contribution < 1.29 is 4.79 Å². The van der Waals surface area contributed by atoms with E-state index in [2.05, 4.69) is 15.2 Å². The smallest absolute Gasteiger partial charge is 0.225 e. The number of aliphatic imine (C=N–C) groups is 1. The second kappa shape index (κ2) is 7.36. The molecule has 1 rings (SSSR count). The lowest BCUT2D eigenvalue weighted by molar-refractivity contribution is -0.128. The number of hydrogen-bond acceptors (Lipinski definition) is 2. The number of rotatable bonds is 3. The fraction of sp³-hybridized carbons (Fsp3) is 0.857. The van der Waals surface area contributed by atoms with E-state index in [9.17, 15) is 4.79 Å². The Morgan fingerprint density at radius 1 is 1.21 bits per heavy atom. The van der Waals surface area contributed by atoms with Crippen LogP contribution in [0.5, 0.6) is 0 Å². The van der Waals surface area contributed by atoms with Crippen LogP contribution in [0.2, 0.25) is 0 Å². The minimum Gasteiger partial charge on any atom is -0.370 e. The molecule has 1 heterocycles. The second-order valence-electron chi connectivity index (χ2n) is 6.15. The number of carbonyl (C=O) groups is 1. The molecule has 0 aliphatic carbocycles. The number of nitrogens with one attached hydrogen (secondary N) is 1. The zero-order valence-corrected chi connectivity index (χ0v) is 12.5. The van der Waals surface area contributed by atoms with Crippen LogP contribution in [0.3, 0.4) is 0 Å². The van der Waals surface area contributed by atoms with E-state index in [1.54, 1.807) is 0 Å². The van der Waals surface area contributed by atoms with Crippen LogP contribution >= 0.6 is 0 Å². The Hall–Kier alpha value is -1.26. The Bertz CT molecular complexity index is 312. The lowest BCUT2D eigenvalue weighted by Gasteiger charge is -2.21. The summed E-state index contributed by atoms with van der Waals surface area (Å²) < 4.78 is 0. The van der Waals surface area contributed by atoms with Crippen molar-refractivity contribution in [2.45, 2.75) is 46.5 Å². The third kappa shape index (κ3) is 5.94. The molecule has 1 aliphatic heterocycles. The van der Waals surface area contributed by atoms with Crippen LogP contribution in [-0.2, 0) is 4.79 Å². The van der Waals surface area contributed by atoms with Gasteiger partial charge in [-0.3, -0.25) is 9.79 Å². The van der Waals surface area contributed by atoms with Gasteiger partial charge in [0.2, 0.25) is 5.91 Å². The number of guanidine groups is 1. The van der Waals surface area contributed by atoms with Crippen molar-refractivity contribution in [3.8, 4) is 0 Å². The van der Waals surface area contributed by atoms with E-state index in [0.717, 1.165) is 13.1 Å². The van der Waals surface area contributed by atoms with Gasteiger partial charge in [-0.15, -0.1) is 0 Å². The van der Waals surface area contributed by atoms with Gasteiger partial charge in [0.05, 0.1) is 6.54 Å². The Balaban J connectivity index is 2.29. The lowest BCUT2D eigenvalue weighted by atomic mass is 9.96. The van der Waals surface area contributed by atoms with E-state index in [-0.39, 0.29) is 11.3 Å². The summed E-state index contributed by atoms with van der Waals surface area (Å²) in [5, 5.41) is 2.87. The SMILES string of the molecule is CC(C)(C)C(=O)NCCN=C(N)N1CCCCCC1. The molecule has 1 fully saturated rings. The first-order valence-corrected chi connectivity index (χ1v) is 7.24. The Morgan fingerprint density at radius 2 is 1.79 bits per heavy atom. The summed E-state index contributed by atoms with van der Waals surface area (Å²) in [4.78, 5) is 18.2. The van der Waals surface area contributed by atoms with Gasteiger partial charge in [0.15, 0.2) is 5.96 Å². The quantitative estimate of drug-likeness (QED) is 0.461. The van der Waals surface area contributed by atoms with Crippen LogP contribution < -0.4 is 11.1 Å². The van der Waals surface area contributed by atoms with Crippen molar-refractivity contribution in [2.24, 2.45) is 16.1 Å². The largest absolute Gasteiger partial charge is 0.370 e. The van der Waals surface area contributed by atoms with E-state index < -0.39 is 0 Å². The van der Waals surface area contributed by atoms with Crippen LogP contribution in [0.25, 0.3) is 0 Å². The van der Waals surface area contributed by atoms with E-state index in [1.807, 2.05) is 20.8 Å². The highest BCUT2D eigenvalue weighted by Crippen LogP contribution is 2.12. The predicted octanol–water partition coefficient (Wildman–Crippen LogP) is 1.34. The molecule has 19 heavy (non-hydrogen) atoms. The van der Waals surface area contributed by atoms with E-state index >= 15 is 0 Å². The Labute approximate surface area is 116 Å². The van der Waals surface area contributed by atoms with Crippen molar-refractivity contribution in [2.75, 3.05) is 26.2 Å². The van der Waals surface area contributed by atoms with Gasteiger partial charge in [-0.2, -0.15) is 0 Å². The van der Waals surface area contributed by atoms with Gasteiger partial charge in [0.1, 0.15) is 0 Å². The number of carbonyl (C=O) groups excluding carboxylic acids is 1. The second-order valence-corrected chi connectivity index (χ2v) is 6.15. The zero-order valence-electron chi connectivity index (χ0n) is 12.5. The summed E-state index contributed by atoms with van der Waals surface area (Å²) in [5.74, 6) is 0.669. The van der Waals surface area contributed by atoms with E-state index in [4.69, 9.17) is 5.73 Å². The zero-order chi connectivity index (χ0) is 14.3. The van der Waals surface area contributed by atoms with Crippen LogP contribution in [0.15, 0.2) is 4.99 Å². The molecule has 5 nitrogen and oxygen atoms in total. The molecular weight excluding hydrogens is 240 g/mol.